The molecule has 3 rings (SSSR count). The van der Waals surface area contributed by atoms with Crippen molar-refractivity contribution in [1.29, 1.82) is 0 Å². The molecule has 1 heterocycles. The van der Waals surface area contributed by atoms with E-state index in [1.807, 2.05) is 0 Å². The van der Waals surface area contributed by atoms with Gasteiger partial charge >= 0.3 is 0 Å². The predicted octanol–water partition coefficient (Wildman–Crippen LogP) is 5.52. The Morgan fingerprint density at radius 1 is 1.15 bits per heavy atom. The predicted molar refractivity (Wildman–Crippen MR) is 105 cm³/mol. The number of halogens is 3. The Labute approximate surface area is 165 Å². The molecule has 4 nitrogen and oxygen atoms in total. The Hall–Kier alpha value is -2.01. The minimum atomic E-state index is -0.698. The number of phenols is 1. The molecule has 0 radical (unpaired) electrons. The molecule has 134 valence electrons. The van der Waals surface area contributed by atoms with Gasteiger partial charge in [-0.3, -0.25) is 9.78 Å². The van der Waals surface area contributed by atoms with Gasteiger partial charge in [-0.15, -0.1) is 0 Å². The lowest BCUT2D eigenvalue weighted by atomic mass is 9.96. The van der Waals surface area contributed by atoms with Crippen LogP contribution in [0, 0.1) is 0 Å². The Morgan fingerprint density at radius 2 is 1.92 bits per heavy atom. The second-order valence-electron chi connectivity index (χ2n) is 5.72. The van der Waals surface area contributed by atoms with Crippen molar-refractivity contribution < 1.29 is 9.90 Å². The van der Waals surface area contributed by atoms with E-state index in [0.29, 0.717) is 37.1 Å². The SMILES string of the molecule is CCC(=O)N[C@@H](c1ccc(Cl)cc1Cl)c1cc(Cl)c2cccnc2c1O. The van der Waals surface area contributed by atoms with Crippen LogP contribution in [0.15, 0.2) is 42.6 Å². The van der Waals surface area contributed by atoms with Crippen molar-refractivity contribution in [2.75, 3.05) is 0 Å². The number of carbonyl (C=O) groups is 1. The summed E-state index contributed by atoms with van der Waals surface area (Å²) in [5.74, 6) is -0.255. The molecule has 0 aliphatic heterocycles. The van der Waals surface area contributed by atoms with Crippen molar-refractivity contribution in [2.24, 2.45) is 0 Å². The Bertz CT molecular complexity index is 992. The van der Waals surface area contributed by atoms with Crippen LogP contribution in [0.1, 0.15) is 30.5 Å². The number of amides is 1. The maximum Gasteiger partial charge on any atom is 0.220 e. The third kappa shape index (κ3) is 3.58. The highest BCUT2D eigenvalue weighted by Gasteiger charge is 2.24. The monoisotopic (exact) mass is 408 g/mol. The van der Waals surface area contributed by atoms with Crippen LogP contribution < -0.4 is 5.32 Å². The maximum atomic E-state index is 12.1. The first-order valence-electron chi connectivity index (χ1n) is 7.92. The standard InChI is InChI=1S/C19H15Cl3N2O2/c1-2-16(25)24-17(12-6-5-10(20)8-14(12)21)13-9-15(22)11-4-3-7-23-18(11)19(13)26/h3-9,17,26H,2H2,1H3,(H,24,25)/t17-/m0/s1. The molecule has 1 amide bonds. The van der Waals surface area contributed by atoms with E-state index in [-0.39, 0.29) is 18.1 Å². The first-order chi connectivity index (χ1) is 12.4. The third-order valence-electron chi connectivity index (χ3n) is 4.06. The highest BCUT2D eigenvalue weighted by molar-refractivity contribution is 6.36. The van der Waals surface area contributed by atoms with Gasteiger partial charge < -0.3 is 10.4 Å². The minimum Gasteiger partial charge on any atom is -0.505 e. The molecule has 0 saturated carbocycles. The number of fused-ring (bicyclic) bond motifs is 1. The van der Waals surface area contributed by atoms with Crippen molar-refractivity contribution >= 4 is 51.6 Å². The number of pyridine rings is 1. The molecule has 3 aromatic rings. The van der Waals surface area contributed by atoms with E-state index < -0.39 is 6.04 Å². The van der Waals surface area contributed by atoms with Crippen LogP contribution in [0.25, 0.3) is 10.9 Å². The molecule has 0 saturated heterocycles. The fraction of sp³-hybridized carbons (Fsp3) is 0.158. The Morgan fingerprint density at radius 3 is 2.62 bits per heavy atom. The van der Waals surface area contributed by atoms with Gasteiger partial charge in [0.25, 0.3) is 0 Å². The molecular weight excluding hydrogens is 395 g/mol. The molecule has 26 heavy (non-hydrogen) atoms. The molecule has 0 fully saturated rings. The molecule has 7 heteroatoms. The van der Waals surface area contributed by atoms with Gasteiger partial charge in [0.05, 0.1) is 11.1 Å². The summed E-state index contributed by atoms with van der Waals surface area (Å²) in [6.07, 6.45) is 1.85. The van der Waals surface area contributed by atoms with Crippen LogP contribution in [-0.2, 0) is 4.79 Å². The van der Waals surface area contributed by atoms with Gasteiger partial charge in [-0.1, -0.05) is 47.8 Å². The van der Waals surface area contributed by atoms with E-state index in [1.54, 1.807) is 49.5 Å². The van der Waals surface area contributed by atoms with Crippen LogP contribution in [0.4, 0.5) is 0 Å². The normalized spacial score (nSPS) is 12.2. The topological polar surface area (TPSA) is 62.2 Å². The van der Waals surface area contributed by atoms with Crippen LogP contribution in [0.5, 0.6) is 5.75 Å². The summed E-state index contributed by atoms with van der Waals surface area (Å²) < 4.78 is 0. The van der Waals surface area contributed by atoms with E-state index in [0.717, 1.165) is 0 Å². The summed E-state index contributed by atoms with van der Waals surface area (Å²) in [6.45, 7) is 1.74. The van der Waals surface area contributed by atoms with Crippen molar-refractivity contribution in [3.05, 3.63) is 68.8 Å². The zero-order chi connectivity index (χ0) is 18.8. The van der Waals surface area contributed by atoms with Gasteiger partial charge in [0.2, 0.25) is 5.91 Å². The van der Waals surface area contributed by atoms with Crippen molar-refractivity contribution in [3.63, 3.8) is 0 Å². The number of carbonyl (C=O) groups excluding carboxylic acids is 1. The average molecular weight is 410 g/mol. The summed E-state index contributed by atoms with van der Waals surface area (Å²) in [5, 5.41) is 15.6. The second-order valence-corrected chi connectivity index (χ2v) is 6.97. The molecule has 0 aliphatic rings. The van der Waals surface area contributed by atoms with Crippen LogP contribution in [0.2, 0.25) is 15.1 Å². The number of hydrogen-bond acceptors (Lipinski definition) is 3. The van der Waals surface area contributed by atoms with Crippen LogP contribution in [-0.4, -0.2) is 16.0 Å². The fourth-order valence-corrected chi connectivity index (χ4v) is 3.54. The molecule has 0 aliphatic carbocycles. The summed E-state index contributed by atoms with van der Waals surface area (Å²) in [6, 6.07) is 9.39. The van der Waals surface area contributed by atoms with Crippen molar-refractivity contribution in [3.8, 4) is 5.75 Å². The van der Waals surface area contributed by atoms with Crippen molar-refractivity contribution in [1.82, 2.24) is 10.3 Å². The van der Waals surface area contributed by atoms with Crippen LogP contribution in [0.3, 0.4) is 0 Å². The number of hydrogen-bond donors (Lipinski definition) is 2. The molecule has 0 unspecified atom stereocenters. The fourth-order valence-electron chi connectivity index (χ4n) is 2.75. The van der Waals surface area contributed by atoms with Gasteiger partial charge in [-0.05, 0) is 35.9 Å². The first-order valence-corrected chi connectivity index (χ1v) is 9.06. The zero-order valence-corrected chi connectivity index (χ0v) is 16.0. The van der Waals surface area contributed by atoms with Gasteiger partial charge in [0, 0.05) is 33.6 Å². The number of aromatic nitrogens is 1. The summed E-state index contributed by atoms with van der Waals surface area (Å²) in [5.41, 5.74) is 1.36. The Balaban J connectivity index is 2.23. The number of benzene rings is 2. The Kier molecular flexibility index (Phi) is 5.56. The van der Waals surface area contributed by atoms with E-state index >= 15 is 0 Å². The summed E-state index contributed by atoms with van der Waals surface area (Å²) in [4.78, 5) is 16.3. The third-order valence-corrected chi connectivity index (χ3v) is 4.93. The molecule has 2 N–H and O–H groups in total. The van der Waals surface area contributed by atoms with E-state index in [4.69, 9.17) is 34.8 Å². The van der Waals surface area contributed by atoms with E-state index in [1.165, 1.54) is 0 Å². The molecule has 1 atom stereocenters. The van der Waals surface area contributed by atoms with Crippen LogP contribution >= 0.6 is 34.8 Å². The summed E-state index contributed by atoms with van der Waals surface area (Å²) >= 11 is 18.7. The van der Waals surface area contributed by atoms with Gasteiger partial charge in [-0.2, -0.15) is 0 Å². The molecule has 2 aromatic carbocycles. The lowest BCUT2D eigenvalue weighted by molar-refractivity contribution is -0.121. The second kappa shape index (κ2) is 7.70. The smallest absolute Gasteiger partial charge is 0.220 e. The number of aromatic hydroxyl groups is 1. The lowest BCUT2D eigenvalue weighted by Crippen LogP contribution is -2.29. The quantitative estimate of drug-likeness (QED) is 0.596. The number of rotatable bonds is 4. The molecule has 0 bridgehead atoms. The molecule has 1 aromatic heterocycles. The number of nitrogens with one attached hydrogen (secondary N) is 1. The highest BCUT2D eigenvalue weighted by Crippen LogP contribution is 2.40. The van der Waals surface area contributed by atoms with Crippen molar-refractivity contribution in [2.45, 2.75) is 19.4 Å². The zero-order valence-electron chi connectivity index (χ0n) is 13.8. The largest absolute Gasteiger partial charge is 0.505 e. The van der Waals surface area contributed by atoms with Gasteiger partial charge in [-0.25, -0.2) is 0 Å². The number of phenolic OH excluding ortho intramolecular Hbond substituents is 1. The minimum absolute atomic E-state index is 0.0579. The lowest BCUT2D eigenvalue weighted by Gasteiger charge is -2.22. The van der Waals surface area contributed by atoms with Gasteiger partial charge in [0.15, 0.2) is 0 Å². The van der Waals surface area contributed by atoms with Gasteiger partial charge in [0.1, 0.15) is 11.3 Å². The number of nitrogens with zero attached hydrogens (tertiary/aromatic N) is 1. The maximum absolute atomic E-state index is 12.1. The van der Waals surface area contributed by atoms with E-state index in [2.05, 4.69) is 10.3 Å². The average Bonchev–Trinajstić information content (AvgIpc) is 2.63. The summed E-state index contributed by atoms with van der Waals surface area (Å²) in [7, 11) is 0. The highest BCUT2D eigenvalue weighted by atomic mass is 35.5. The molecular formula is C19H15Cl3N2O2. The first kappa shape index (κ1) is 18.8. The molecule has 0 spiro atoms. The van der Waals surface area contributed by atoms with E-state index in [9.17, 15) is 9.90 Å².